The van der Waals surface area contributed by atoms with Crippen molar-refractivity contribution in [2.75, 3.05) is 5.32 Å². The zero-order valence-electron chi connectivity index (χ0n) is 14.2. The summed E-state index contributed by atoms with van der Waals surface area (Å²) < 4.78 is 5.30. The molecule has 6 nitrogen and oxygen atoms in total. The highest BCUT2D eigenvalue weighted by Gasteiger charge is 2.18. The second-order valence-electron chi connectivity index (χ2n) is 5.68. The monoisotopic (exact) mass is 373 g/mol. The molecule has 3 heterocycles. The van der Waals surface area contributed by atoms with Gasteiger partial charge in [0.1, 0.15) is 29.5 Å². The summed E-state index contributed by atoms with van der Waals surface area (Å²) in [5.74, 6) is 1.43. The molecule has 4 rings (SSSR count). The Morgan fingerprint density at radius 2 is 2.07 bits per heavy atom. The standard InChI is InChI=1S/C20H15N5OS/c21-10-16(20-25-18(12-27-20)14-5-2-1-3-6-14)17-9-19(24-13-23-17)22-11-15-7-4-8-26-15/h1-9,12-13,25H,11H2,(H,22,23,24). The Morgan fingerprint density at radius 1 is 1.19 bits per heavy atom. The Bertz CT molecular complexity index is 1040. The molecule has 2 aromatic heterocycles. The molecule has 132 valence electrons. The first kappa shape index (κ1) is 16.9. The van der Waals surface area contributed by atoms with Crippen LogP contribution in [0.2, 0.25) is 0 Å². The van der Waals surface area contributed by atoms with Gasteiger partial charge in [-0.15, -0.1) is 0 Å². The molecular weight excluding hydrogens is 358 g/mol. The third-order valence-corrected chi connectivity index (χ3v) is 4.81. The molecule has 7 heteroatoms. The number of rotatable bonds is 5. The zero-order valence-corrected chi connectivity index (χ0v) is 15.0. The highest BCUT2D eigenvalue weighted by Crippen LogP contribution is 2.34. The van der Waals surface area contributed by atoms with Gasteiger partial charge in [0, 0.05) is 11.5 Å². The number of hydrogen-bond donors (Lipinski definition) is 2. The molecule has 3 aromatic rings. The van der Waals surface area contributed by atoms with E-state index in [1.165, 1.54) is 18.1 Å². The minimum atomic E-state index is 0.477. The number of nitrogens with zero attached hydrogens (tertiary/aromatic N) is 3. The van der Waals surface area contributed by atoms with E-state index in [0.29, 0.717) is 23.6 Å². The lowest BCUT2D eigenvalue weighted by atomic mass is 10.1. The second-order valence-corrected chi connectivity index (χ2v) is 6.56. The predicted octanol–water partition coefficient (Wildman–Crippen LogP) is 4.21. The number of nitriles is 1. The highest BCUT2D eigenvalue weighted by molar-refractivity contribution is 8.06. The third-order valence-electron chi connectivity index (χ3n) is 3.91. The summed E-state index contributed by atoms with van der Waals surface area (Å²) in [5, 5.41) is 18.9. The summed E-state index contributed by atoms with van der Waals surface area (Å²) in [5.41, 5.74) is 3.08. The van der Waals surface area contributed by atoms with E-state index in [1.807, 2.05) is 47.9 Å². The number of nitrogens with one attached hydrogen (secondary N) is 2. The van der Waals surface area contributed by atoms with Crippen molar-refractivity contribution < 1.29 is 4.42 Å². The van der Waals surface area contributed by atoms with Gasteiger partial charge in [0.25, 0.3) is 0 Å². The van der Waals surface area contributed by atoms with E-state index in [-0.39, 0.29) is 0 Å². The van der Waals surface area contributed by atoms with Gasteiger partial charge >= 0.3 is 0 Å². The van der Waals surface area contributed by atoms with Crippen molar-refractivity contribution in [1.29, 1.82) is 5.26 Å². The Kier molecular flexibility index (Phi) is 4.90. The fourth-order valence-corrected chi connectivity index (χ4v) is 3.45. The van der Waals surface area contributed by atoms with Crippen molar-refractivity contribution in [2.24, 2.45) is 0 Å². The fraction of sp³-hybridized carbons (Fsp3) is 0.0500. The molecule has 0 fully saturated rings. The second kappa shape index (κ2) is 7.81. The van der Waals surface area contributed by atoms with Gasteiger partial charge in [-0.3, -0.25) is 0 Å². The van der Waals surface area contributed by atoms with Gasteiger partial charge in [-0.25, -0.2) is 9.97 Å². The van der Waals surface area contributed by atoms with Crippen molar-refractivity contribution in [3.63, 3.8) is 0 Å². The Morgan fingerprint density at radius 3 is 2.85 bits per heavy atom. The lowest BCUT2D eigenvalue weighted by Gasteiger charge is -2.08. The Balaban J connectivity index is 1.54. The van der Waals surface area contributed by atoms with Crippen molar-refractivity contribution in [3.8, 4) is 6.07 Å². The topological polar surface area (TPSA) is 86.8 Å². The van der Waals surface area contributed by atoms with Crippen molar-refractivity contribution in [3.05, 3.63) is 88.6 Å². The molecule has 0 saturated heterocycles. The van der Waals surface area contributed by atoms with E-state index < -0.39 is 0 Å². The number of allylic oxidation sites excluding steroid dienone is 1. The summed E-state index contributed by atoms with van der Waals surface area (Å²) in [7, 11) is 0. The predicted molar refractivity (Wildman–Crippen MR) is 106 cm³/mol. The Hall–Kier alpha value is -3.50. The molecule has 0 bridgehead atoms. The van der Waals surface area contributed by atoms with Crippen LogP contribution >= 0.6 is 11.8 Å². The maximum Gasteiger partial charge on any atom is 0.130 e. The zero-order chi connectivity index (χ0) is 18.5. The molecule has 0 saturated carbocycles. The lowest BCUT2D eigenvalue weighted by molar-refractivity contribution is 0.518. The largest absolute Gasteiger partial charge is 0.467 e. The average Bonchev–Trinajstić information content (AvgIpc) is 3.41. The first-order valence-corrected chi connectivity index (χ1v) is 9.14. The normalized spacial score (nSPS) is 14.9. The molecule has 1 aliphatic heterocycles. The fourth-order valence-electron chi connectivity index (χ4n) is 2.58. The highest BCUT2D eigenvalue weighted by atomic mass is 32.2. The van der Waals surface area contributed by atoms with Gasteiger partial charge in [0.2, 0.25) is 0 Å². The van der Waals surface area contributed by atoms with Crippen LogP contribution in [0, 0.1) is 11.3 Å². The summed E-state index contributed by atoms with van der Waals surface area (Å²) >= 11 is 1.48. The van der Waals surface area contributed by atoms with E-state index in [1.54, 1.807) is 12.3 Å². The minimum absolute atomic E-state index is 0.477. The van der Waals surface area contributed by atoms with Gasteiger partial charge in [0.05, 0.1) is 29.2 Å². The number of aromatic nitrogens is 2. The van der Waals surface area contributed by atoms with Crippen LogP contribution in [-0.2, 0) is 6.54 Å². The van der Waals surface area contributed by atoms with Gasteiger partial charge in [0.15, 0.2) is 0 Å². The summed E-state index contributed by atoms with van der Waals surface area (Å²) in [6, 6.07) is 17.7. The van der Waals surface area contributed by atoms with Crippen LogP contribution in [0.3, 0.4) is 0 Å². The van der Waals surface area contributed by atoms with Crippen LogP contribution in [0.4, 0.5) is 5.82 Å². The molecule has 1 aliphatic rings. The first-order chi connectivity index (χ1) is 13.3. The third kappa shape index (κ3) is 3.86. The van der Waals surface area contributed by atoms with Crippen LogP contribution in [0.25, 0.3) is 11.3 Å². The van der Waals surface area contributed by atoms with E-state index >= 15 is 0 Å². The number of anilines is 1. The van der Waals surface area contributed by atoms with Crippen LogP contribution < -0.4 is 10.6 Å². The van der Waals surface area contributed by atoms with Crippen molar-refractivity contribution >= 4 is 28.8 Å². The molecule has 0 spiro atoms. The molecule has 1 aromatic carbocycles. The summed E-state index contributed by atoms with van der Waals surface area (Å²) in [4.78, 5) is 8.48. The van der Waals surface area contributed by atoms with E-state index in [9.17, 15) is 5.26 Å². The smallest absolute Gasteiger partial charge is 0.130 e. The number of furan rings is 1. The lowest BCUT2D eigenvalue weighted by Crippen LogP contribution is -2.07. The molecular formula is C20H15N5OS. The van der Waals surface area contributed by atoms with Crippen molar-refractivity contribution in [2.45, 2.75) is 6.54 Å². The SMILES string of the molecule is N#CC(=C1NC(c2ccccc2)=CS1)c1cc(NCc2ccco2)ncn1. The minimum Gasteiger partial charge on any atom is -0.467 e. The van der Waals surface area contributed by atoms with Gasteiger partial charge < -0.3 is 15.1 Å². The van der Waals surface area contributed by atoms with Crippen molar-refractivity contribution in [1.82, 2.24) is 15.3 Å². The average molecular weight is 373 g/mol. The van der Waals surface area contributed by atoms with Gasteiger partial charge in [-0.05, 0) is 17.7 Å². The van der Waals surface area contributed by atoms with Crippen LogP contribution in [0.5, 0.6) is 0 Å². The molecule has 27 heavy (non-hydrogen) atoms. The maximum atomic E-state index is 9.69. The Labute approximate surface area is 160 Å². The summed E-state index contributed by atoms with van der Waals surface area (Å²) in [6.45, 7) is 0.509. The van der Waals surface area contributed by atoms with Gasteiger partial charge in [-0.1, -0.05) is 42.1 Å². The molecule has 0 radical (unpaired) electrons. The van der Waals surface area contributed by atoms with Crippen LogP contribution in [0.1, 0.15) is 17.0 Å². The quantitative estimate of drug-likeness (QED) is 0.648. The molecule has 0 aliphatic carbocycles. The van der Waals surface area contributed by atoms with Crippen LogP contribution in [-0.4, -0.2) is 9.97 Å². The maximum absolute atomic E-state index is 9.69. The first-order valence-electron chi connectivity index (χ1n) is 8.26. The number of hydrogen-bond acceptors (Lipinski definition) is 7. The molecule has 0 unspecified atom stereocenters. The molecule has 0 amide bonds. The number of benzene rings is 1. The van der Waals surface area contributed by atoms with E-state index in [4.69, 9.17) is 4.42 Å². The summed E-state index contributed by atoms with van der Waals surface area (Å²) in [6.07, 6.45) is 3.07. The molecule has 0 atom stereocenters. The molecule has 2 N–H and O–H groups in total. The van der Waals surface area contributed by atoms with Crippen LogP contribution in [0.15, 0.2) is 76.0 Å². The van der Waals surface area contributed by atoms with E-state index in [0.717, 1.165) is 22.0 Å². The number of thioether (sulfide) groups is 1. The van der Waals surface area contributed by atoms with E-state index in [2.05, 4.69) is 26.7 Å². The van der Waals surface area contributed by atoms with Gasteiger partial charge in [-0.2, -0.15) is 5.26 Å².